The molecular weight excluding hydrogens is 298 g/mol. The van der Waals surface area contributed by atoms with Gasteiger partial charge in [-0.1, -0.05) is 58.4 Å². The van der Waals surface area contributed by atoms with Crippen LogP contribution in [0.2, 0.25) is 0 Å². The summed E-state index contributed by atoms with van der Waals surface area (Å²) in [6.45, 7) is 0.850. The Morgan fingerprint density at radius 2 is 1.53 bits per heavy atom. The van der Waals surface area contributed by atoms with Crippen molar-refractivity contribution in [3.05, 3.63) is 76.8 Å². The van der Waals surface area contributed by atoms with Crippen LogP contribution in [-0.2, 0) is 6.54 Å². The van der Waals surface area contributed by atoms with Gasteiger partial charge in [0.25, 0.3) is 0 Å². The SMILES string of the molecule is Brc1ccc2cc(NCc3ccccc3)ccc2c1. The highest BCUT2D eigenvalue weighted by Crippen LogP contribution is 2.23. The highest BCUT2D eigenvalue weighted by Gasteiger charge is 1.98. The van der Waals surface area contributed by atoms with Crippen molar-refractivity contribution >= 4 is 32.4 Å². The lowest BCUT2D eigenvalue weighted by atomic mass is 10.1. The maximum atomic E-state index is 3.50. The summed E-state index contributed by atoms with van der Waals surface area (Å²) in [5, 5.41) is 5.96. The van der Waals surface area contributed by atoms with Crippen LogP contribution in [0.15, 0.2) is 71.2 Å². The van der Waals surface area contributed by atoms with Crippen molar-refractivity contribution in [1.82, 2.24) is 0 Å². The Kier molecular flexibility index (Phi) is 3.51. The Morgan fingerprint density at radius 1 is 0.789 bits per heavy atom. The number of benzene rings is 3. The van der Waals surface area contributed by atoms with E-state index in [0.29, 0.717) is 0 Å². The van der Waals surface area contributed by atoms with Crippen molar-refractivity contribution in [2.45, 2.75) is 6.54 Å². The second-order valence-corrected chi connectivity index (χ2v) is 5.46. The molecule has 0 saturated heterocycles. The standard InChI is InChI=1S/C17H14BrN/c18-16-8-6-15-11-17(9-7-14(15)10-16)19-12-13-4-2-1-3-5-13/h1-11,19H,12H2. The van der Waals surface area contributed by atoms with Crippen molar-refractivity contribution in [2.24, 2.45) is 0 Å². The first-order valence-corrected chi connectivity index (χ1v) is 7.08. The molecule has 0 saturated carbocycles. The van der Waals surface area contributed by atoms with Gasteiger partial charge < -0.3 is 5.32 Å². The predicted molar refractivity (Wildman–Crippen MR) is 85.4 cm³/mol. The summed E-state index contributed by atoms with van der Waals surface area (Å²) in [5.74, 6) is 0. The molecule has 0 aliphatic heterocycles. The second-order valence-electron chi connectivity index (χ2n) is 4.55. The van der Waals surface area contributed by atoms with Crippen LogP contribution in [0.3, 0.4) is 0 Å². The number of fused-ring (bicyclic) bond motifs is 1. The molecule has 0 aromatic heterocycles. The van der Waals surface area contributed by atoms with E-state index in [-0.39, 0.29) is 0 Å². The smallest absolute Gasteiger partial charge is 0.0400 e. The normalized spacial score (nSPS) is 10.6. The van der Waals surface area contributed by atoms with Gasteiger partial charge in [0.15, 0.2) is 0 Å². The number of rotatable bonds is 3. The summed E-state index contributed by atoms with van der Waals surface area (Å²) in [4.78, 5) is 0. The Bertz CT molecular complexity index is 692. The molecule has 1 nitrogen and oxygen atoms in total. The van der Waals surface area contributed by atoms with Crippen LogP contribution in [-0.4, -0.2) is 0 Å². The lowest BCUT2D eigenvalue weighted by molar-refractivity contribution is 1.15. The van der Waals surface area contributed by atoms with Gasteiger partial charge in [-0.2, -0.15) is 0 Å². The van der Waals surface area contributed by atoms with Gasteiger partial charge in [-0.05, 0) is 40.6 Å². The van der Waals surface area contributed by atoms with Crippen LogP contribution >= 0.6 is 15.9 Å². The summed E-state index contributed by atoms with van der Waals surface area (Å²) >= 11 is 3.50. The fraction of sp³-hybridized carbons (Fsp3) is 0.0588. The van der Waals surface area contributed by atoms with Gasteiger partial charge in [0.05, 0.1) is 0 Å². The summed E-state index contributed by atoms with van der Waals surface area (Å²) < 4.78 is 1.12. The van der Waals surface area contributed by atoms with E-state index in [1.54, 1.807) is 0 Å². The van der Waals surface area contributed by atoms with E-state index in [4.69, 9.17) is 0 Å². The molecule has 2 heteroatoms. The zero-order valence-electron chi connectivity index (χ0n) is 10.4. The maximum absolute atomic E-state index is 3.50. The zero-order chi connectivity index (χ0) is 13.1. The lowest BCUT2D eigenvalue weighted by Crippen LogP contribution is -1.98. The number of halogens is 1. The Morgan fingerprint density at radius 3 is 2.37 bits per heavy atom. The summed E-state index contributed by atoms with van der Waals surface area (Å²) in [6.07, 6.45) is 0. The average molecular weight is 312 g/mol. The lowest BCUT2D eigenvalue weighted by Gasteiger charge is -2.08. The van der Waals surface area contributed by atoms with Crippen LogP contribution in [0, 0.1) is 0 Å². The molecule has 3 aromatic rings. The molecule has 1 N–H and O–H groups in total. The predicted octanol–water partition coefficient (Wildman–Crippen LogP) is 5.21. The van der Waals surface area contributed by atoms with Crippen molar-refractivity contribution in [3.63, 3.8) is 0 Å². The molecule has 0 unspecified atom stereocenters. The molecule has 0 heterocycles. The minimum atomic E-state index is 0.850. The first kappa shape index (κ1) is 12.2. The molecule has 3 aromatic carbocycles. The van der Waals surface area contributed by atoms with Gasteiger partial charge in [-0.25, -0.2) is 0 Å². The van der Waals surface area contributed by atoms with Crippen LogP contribution in [0.4, 0.5) is 5.69 Å². The largest absolute Gasteiger partial charge is 0.381 e. The van der Waals surface area contributed by atoms with Crippen LogP contribution in [0.25, 0.3) is 10.8 Å². The minimum absolute atomic E-state index is 0.850. The average Bonchev–Trinajstić information content (AvgIpc) is 2.46. The third-order valence-corrected chi connectivity index (χ3v) is 3.64. The minimum Gasteiger partial charge on any atom is -0.381 e. The highest BCUT2D eigenvalue weighted by atomic mass is 79.9. The molecule has 3 rings (SSSR count). The molecule has 0 aliphatic rings. The second kappa shape index (κ2) is 5.45. The van der Waals surface area contributed by atoms with E-state index >= 15 is 0 Å². The summed E-state index contributed by atoms with van der Waals surface area (Å²) in [6, 6.07) is 23.2. The molecule has 0 bridgehead atoms. The molecule has 0 radical (unpaired) electrons. The molecule has 19 heavy (non-hydrogen) atoms. The van der Waals surface area contributed by atoms with Gasteiger partial charge in [0.2, 0.25) is 0 Å². The fourth-order valence-electron chi connectivity index (χ4n) is 2.13. The summed E-state index contributed by atoms with van der Waals surface area (Å²) in [5.41, 5.74) is 2.44. The molecule has 0 fully saturated rings. The van der Waals surface area contributed by atoms with E-state index in [9.17, 15) is 0 Å². The Labute approximate surface area is 121 Å². The number of hydrogen-bond acceptors (Lipinski definition) is 1. The van der Waals surface area contributed by atoms with Crippen molar-refractivity contribution in [2.75, 3.05) is 5.32 Å². The van der Waals surface area contributed by atoms with Gasteiger partial charge in [-0.3, -0.25) is 0 Å². The van der Waals surface area contributed by atoms with Crippen LogP contribution < -0.4 is 5.32 Å². The quantitative estimate of drug-likeness (QED) is 0.699. The van der Waals surface area contributed by atoms with E-state index < -0.39 is 0 Å². The third kappa shape index (κ3) is 2.96. The zero-order valence-corrected chi connectivity index (χ0v) is 12.0. The Balaban J connectivity index is 1.80. The first-order valence-electron chi connectivity index (χ1n) is 6.28. The monoisotopic (exact) mass is 311 g/mol. The topological polar surface area (TPSA) is 12.0 Å². The molecule has 0 amide bonds. The number of hydrogen-bond donors (Lipinski definition) is 1. The van der Waals surface area contributed by atoms with Gasteiger partial charge >= 0.3 is 0 Å². The molecule has 0 spiro atoms. The maximum Gasteiger partial charge on any atom is 0.0400 e. The van der Waals surface area contributed by atoms with Crippen molar-refractivity contribution in [1.29, 1.82) is 0 Å². The Hall–Kier alpha value is -1.80. The van der Waals surface area contributed by atoms with E-state index in [0.717, 1.165) is 16.7 Å². The van der Waals surface area contributed by atoms with Crippen molar-refractivity contribution < 1.29 is 0 Å². The first-order chi connectivity index (χ1) is 9.31. The van der Waals surface area contributed by atoms with E-state index in [1.165, 1.54) is 16.3 Å². The van der Waals surface area contributed by atoms with E-state index in [1.807, 2.05) is 6.07 Å². The number of nitrogens with one attached hydrogen (secondary N) is 1. The number of anilines is 1. The molecule has 0 atom stereocenters. The third-order valence-electron chi connectivity index (χ3n) is 3.14. The molecule has 94 valence electrons. The highest BCUT2D eigenvalue weighted by molar-refractivity contribution is 9.10. The van der Waals surface area contributed by atoms with Gasteiger partial charge in [-0.15, -0.1) is 0 Å². The summed E-state index contributed by atoms with van der Waals surface area (Å²) in [7, 11) is 0. The van der Waals surface area contributed by atoms with E-state index in [2.05, 4.69) is 81.9 Å². The van der Waals surface area contributed by atoms with Gasteiger partial charge in [0, 0.05) is 16.7 Å². The molecular formula is C17H14BrN. The molecule has 0 aliphatic carbocycles. The van der Waals surface area contributed by atoms with Gasteiger partial charge in [0.1, 0.15) is 0 Å². The van der Waals surface area contributed by atoms with Crippen LogP contribution in [0.5, 0.6) is 0 Å². The van der Waals surface area contributed by atoms with Crippen molar-refractivity contribution in [3.8, 4) is 0 Å². The fourth-order valence-corrected chi connectivity index (χ4v) is 2.51. The van der Waals surface area contributed by atoms with Crippen LogP contribution in [0.1, 0.15) is 5.56 Å².